The molecule has 2 heterocycles. The lowest BCUT2D eigenvalue weighted by atomic mass is 10.0. The molecule has 32 heavy (non-hydrogen) atoms. The van der Waals surface area contributed by atoms with E-state index >= 15 is 0 Å². The Morgan fingerprint density at radius 1 is 1.19 bits per heavy atom. The van der Waals surface area contributed by atoms with Gasteiger partial charge in [-0.25, -0.2) is 4.79 Å². The van der Waals surface area contributed by atoms with Crippen molar-refractivity contribution in [1.82, 2.24) is 20.0 Å². The van der Waals surface area contributed by atoms with Gasteiger partial charge in [0.2, 0.25) is 5.91 Å². The maximum atomic E-state index is 12.4. The summed E-state index contributed by atoms with van der Waals surface area (Å²) in [6.45, 7) is 5.34. The van der Waals surface area contributed by atoms with Gasteiger partial charge in [-0.05, 0) is 51.0 Å². The van der Waals surface area contributed by atoms with Gasteiger partial charge in [0, 0.05) is 24.2 Å². The first-order valence-corrected chi connectivity index (χ1v) is 10.1. The second kappa shape index (κ2) is 7.92. The largest absolute Gasteiger partial charge is 0.444 e. The lowest BCUT2D eigenvalue weighted by molar-refractivity contribution is -0.117. The molecule has 0 radical (unpaired) electrons. The number of ether oxygens (including phenoxy) is 1. The van der Waals surface area contributed by atoms with E-state index in [2.05, 4.69) is 32.0 Å². The van der Waals surface area contributed by atoms with Crippen molar-refractivity contribution in [3.8, 4) is 17.2 Å². The molecular formula is C22H23N7O3. The molecule has 1 aromatic carbocycles. The van der Waals surface area contributed by atoms with Gasteiger partial charge in [0.05, 0.1) is 29.8 Å². The minimum atomic E-state index is -0.659. The molecule has 4 rings (SSSR count). The molecule has 10 heteroatoms. The zero-order valence-electron chi connectivity index (χ0n) is 18.2. The van der Waals surface area contributed by atoms with E-state index in [9.17, 15) is 9.59 Å². The topological polar surface area (TPSA) is 135 Å². The van der Waals surface area contributed by atoms with Crippen LogP contribution >= 0.6 is 0 Å². The number of aromatic nitrogens is 4. The average Bonchev–Trinajstić information content (AvgIpc) is 3.38. The molecule has 0 spiro atoms. The van der Waals surface area contributed by atoms with Gasteiger partial charge >= 0.3 is 6.09 Å². The first-order valence-electron chi connectivity index (χ1n) is 10.1. The van der Waals surface area contributed by atoms with E-state index in [4.69, 9.17) is 10.00 Å². The van der Waals surface area contributed by atoms with Crippen LogP contribution in [0.2, 0.25) is 0 Å². The van der Waals surface area contributed by atoms with Crippen LogP contribution in [0.25, 0.3) is 22.0 Å². The zero-order chi connectivity index (χ0) is 23.0. The molecule has 2 atom stereocenters. The van der Waals surface area contributed by atoms with Crippen LogP contribution in [0.3, 0.4) is 0 Å². The number of carbonyl (C=O) groups is 2. The normalized spacial score (nSPS) is 17.5. The van der Waals surface area contributed by atoms with Crippen molar-refractivity contribution in [2.45, 2.75) is 32.8 Å². The molecule has 2 N–H and O–H groups in total. The van der Waals surface area contributed by atoms with Gasteiger partial charge in [-0.3, -0.25) is 14.8 Å². The molecule has 0 bridgehead atoms. The van der Waals surface area contributed by atoms with E-state index in [1.165, 1.54) is 0 Å². The molecule has 0 unspecified atom stereocenters. The predicted octanol–water partition coefficient (Wildman–Crippen LogP) is 3.48. The van der Waals surface area contributed by atoms with Gasteiger partial charge in [-0.15, -0.1) is 10.2 Å². The van der Waals surface area contributed by atoms with Crippen LogP contribution in [0.1, 0.15) is 27.2 Å². The molecule has 164 valence electrons. The number of hydrogen-bond donors (Lipinski definition) is 2. The van der Waals surface area contributed by atoms with E-state index in [1.54, 1.807) is 43.8 Å². The van der Waals surface area contributed by atoms with Crippen LogP contribution < -0.4 is 10.6 Å². The highest BCUT2D eigenvalue weighted by Gasteiger charge is 2.43. The highest BCUT2D eigenvalue weighted by molar-refractivity contribution is 6.02. The van der Waals surface area contributed by atoms with Crippen molar-refractivity contribution in [3.05, 3.63) is 30.6 Å². The van der Waals surface area contributed by atoms with Crippen LogP contribution in [-0.4, -0.2) is 37.6 Å². The lowest BCUT2D eigenvalue weighted by Gasteiger charge is -2.20. The quantitative estimate of drug-likeness (QED) is 0.643. The van der Waals surface area contributed by atoms with Gasteiger partial charge in [0.15, 0.2) is 5.82 Å². The second-order valence-electron chi connectivity index (χ2n) is 8.79. The van der Waals surface area contributed by atoms with Gasteiger partial charge in [-0.2, -0.15) is 10.4 Å². The Labute approximate surface area is 184 Å². The van der Waals surface area contributed by atoms with Crippen LogP contribution in [0.4, 0.5) is 16.3 Å². The predicted molar refractivity (Wildman–Crippen MR) is 117 cm³/mol. The Bertz CT molecular complexity index is 1250. The number of anilines is 2. The summed E-state index contributed by atoms with van der Waals surface area (Å²) in [5.74, 6) is -0.535. The minimum Gasteiger partial charge on any atom is -0.444 e. The number of fused-ring (bicyclic) bond motifs is 1. The van der Waals surface area contributed by atoms with Gasteiger partial charge in [0.1, 0.15) is 11.1 Å². The summed E-state index contributed by atoms with van der Waals surface area (Å²) < 4.78 is 7.05. The van der Waals surface area contributed by atoms with E-state index in [-0.39, 0.29) is 23.6 Å². The van der Waals surface area contributed by atoms with E-state index in [1.807, 2.05) is 19.3 Å². The fraction of sp³-hybridized carbons (Fsp3) is 0.364. The third-order valence-corrected chi connectivity index (χ3v) is 4.91. The maximum absolute atomic E-state index is 12.4. The first-order chi connectivity index (χ1) is 15.1. The van der Waals surface area contributed by atoms with Crippen LogP contribution in [0.15, 0.2) is 30.6 Å². The van der Waals surface area contributed by atoms with Crippen molar-refractivity contribution in [1.29, 1.82) is 5.26 Å². The van der Waals surface area contributed by atoms with Crippen LogP contribution in [0, 0.1) is 23.2 Å². The minimum absolute atomic E-state index is 0.245. The van der Waals surface area contributed by atoms with Gasteiger partial charge in [0.25, 0.3) is 0 Å². The molecule has 3 aromatic rings. The summed E-state index contributed by atoms with van der Waals surface area (Å²) in [6.07, 6.45) is 3.51. The molecule has 1 saturated carbocycles. The number of carbonyl (C=O) groups excluding carboxylic acids is 2. The van der Waals surface area contributed by atoms with E-state index in [0.29, 0.717) is 23.0 Å². The van der Waals surface area contributed by atoms with Crippen molar-refractivity contribution in [2.75, 3.05) is 10.6 Å². The summed E-state index contributed by atoms with van der Waals surface area (Å²) in [5, 5.41) is 27.6. The third-order valence-electron chi connectivity index (χ3n) is 4.91. The average molecular weight is 433 g/mol. The second-order valence-corrected chi connectivity index (χ2v) is 8.79. The Morgan fingerprint density at radius 3 is 2.59 bits per heavy atom. The molecule has 10 nitrogen and oxygen atoms in total. The molecule has 0 saturated heterocycles. The standard InChI is InChI=1S/C22H23N7O3/c1-22(2,3)32-21(31)25-17-7-12(15-10-24-29(4)11-15)5-13-8-18(27-28-19(13)17)26-20(30)16-6-14(16)9-23/h5,7-8,10-11,14,16H,6H2,1-4H3,(H,25,31)(H,26,27,30)/t14-,16+/m0/s1. The number of aryl methyl sites for hydroxylation is 1. The summed E-state index contributed by atoms with van der Waals surface area (Å²) in [4.78, 5) is 24.7. The molecule has 0 aliphatic heterocycles. The number of hydrogen-bond acceptors (Lipinski definition) is 7. The Kier molecular flexibility index (Phi) is 5.26. The van der Waals surface area contributed by atoms with Crippen molar-refractivity contribution >= 4 is 34.4 Å². The maximum Gasteiger partial charge on any atom is 0.412 e. The smallest absolute Gasteiger partial charge is 0.412 e. The monoisotopic (exact) mass is 433 g/mol. The van der Waals surface area contributed by atoms with Crippen molar-refractivity contribution in [2.24, 2.45) is 18.9 Å². The molecular weight excluding hydrogens is 410 g/mol. The number of nitrogens with zero attached hydrogens (tertiary/aromatic N) is 5. The summed E-state index contributed by atoms with van der Waals surface area (Å²) in [7, 11) is 1.82. The zero-order valence-corrected chi connectivity index (χ0v) is 18.2. The van der Waals surface area contributed by atoms with Gasteiger partial charge in [-0.1, -0.05) is 0 Å². The van der Waals surface area contributed by atoms with Crippen LogP contribution in [0.5, 0.6) is 0 Å². The summed E-state index contributed by atoms with van der Waals surface area (Å²) in [6, 6.07) is 7.44. The van der Waals surface area contributed by atoms with Crippen molar-refractivity contribution in [3.63, 3.8) is 0 Å². The SMILES string of the molecule is Cn1cc(-c2cc(NC(=O)OC(C)(C)C)c3nnc(NC(=O)[C@@H]4C[C@H]4C#N)cc3c2)cn1. The van der Waals surface area contributed by atoms with E-state index < -0.39 is 11.7 Å². The third kappa shape index (κ3) is 4.67. The summed E-state index contributed by atoms with van der Waals surface area (Å²) in [5.41, 5.74) is 1.86. The Balaban J connectivity index is 1.69. The highest BCUT2D eigenvalue weighted by Crippen LogP contribution is 2.38. The molecule has 1 aliphatic carbocycles. The number of rotatable bonds is 4. The molecule has 1 fully saturated rings. The van der Waals surface area contributed by atoms with Crippen LogP contribution in [-0.2, 0) is 16.6 Å². The summed E-state index contributed by atoms with van der Waals surface area (Å²) >= 11 is 0. The Morgan fingerprint density at radius 2 is 1.97 bits per heavy atom. The number of nitrogens with one attached hydrogen (secondary N) is 2. The van der Waals surface area contributed by atoms with E-state index in [0.717, 1.165) is 11.1 Å². The number of nitriles is 1. The fourth-order valence-corrected chi connectivity index (χ4v) is 3.31. The number of benzene rings is 1. The van der Waals surface area contributed by atoms with Crippen molar-refractivity contribution < 1.29 is 14.3 Å². The highest BCUT2D eigenvalue weighted by atomic mass is 16.6. The Hall–Kier alpha value is -4.00. The fourth-order valence-electron chi connectivity index (χ4n) is 3.31. The lowest BCUT2D eigenvalue weighted by Crippen LogP contribution is -2.27. The first kappa shape index (κ1) is 21.2. The number of amides is 2. The molecule has 2 aromatic heterocycles. The van der Waals surface area contributed by atoms with Gasteiger partial charge < -0.3 is 10.1 Å². The molecule has 2 amide bonds. The molecule has 1 aliphatic rings.